The van der Waals surface area contributed by atoms with Crippen LogP contribution in [0.1, 0.15) is 13.8 Å². The van der Waals surface area contributed by atoms with E-state index in [4.69, 9.17) is 14.7 Å². The first kappa shape index (κ1) is 23.1. The highest BCUT2D eigenvalue weighted by Crippen LogP contribution is 2.42. The van der Waals surface area contributed by atoms with Crippen molar-refractivity contribution < 1.29 is 9.84 Å². The lowest BCUT2D eigenvalue weighted by Gasteiger charge is -2.16. The van der Waals surface area contributed by atoms with Crippen LogP contribution in [0.4, 0.5) is 0 Å². The SMILES string of the molecule is CC(C)Oc1nc(-c2ccccc2O)nc(-c2ccc3ccc4c(-c5ccccc5)ccc5ccc2c3c54)n1. The Morgan fingerprint density at radius 2 is 1.13 bits per heavy atom. The molecule has 1 heterocycles. The number of aromatic hydroxyl groups is 1. The van der Waals surface area contributed by atoms with Crippen molar-refractivity contribution in [1.29, 1.82) is 0 Å². The molecule has 0 saturated carbocycles. The van der Waals surface area contributed by atoms with E-state index in [2.05, 4.69) is 77.8 Å². The number of nitrogens with zero attached hydrogens (tertiary/aromatic N) is 3. The number of phenols is 1. The summed E-state index contributed by atoms with van der Waals surface area (Å²) in [7, 11) is 0. The zero-order valence-electron chi connectivity index (χ0n) is 21.6. The molecule has 7 rings (SSSR count). The standard InChI is InChI=1S/C34H25N3O2/c1-20(2)39-34-36-32(35-33(37-34)28-10-6-7-11-29(28)38)27-19-15-23-13-17-25-24(21-8-4-3-5-9-21)16-12-22-14-18-26(27)31(23)30(22)25/h3-20,38H,1-2H3. The highest BCUT2D eigenvalue weighted by Gasteiger charge is 2.19. The van der Waals surface area contributed by atoms with Gasteiger partial charge in [0.1, 0.15) is 5.75 Å². The van der Waals surface area contributed by atoms with Gasteiger partial charge in [-0.3, -0.25) is 0 Å². The minimum Gasteiger partial charge on any atom is -0.507 e. The topological polar surface area (TPSA) is 68.1 Å². The third-order valence-corrected chi connectivity index (χ3v) is 7.09. The molecule has 188 valence electrons. The molecule has 0 bridgehead atoms. The smallest absolute Gasteiger partial charge is 0.320 e. The van der Waals surface area contributed by atoms with Crippen molar-refractivity contribution >= 4 is 32.3 Å². The summed E-state index contributed by atoms with van der Waals surface area (Å²) < 4.78 is 5.92. The average molecular weight is 508 g/mol. The van der Waals surface area contributed by atoms with Crippen LogP contribution in [0.25, 0.3) is 66.2 Å². The van der Waals surface area contributed by atoms with E-state index in [0.29, 0.717) is 17.2 Å². The number of ether oxygens (including phenoxy) is 1. The summed E-state index contributed by atoms with van der Waals surface area (Å²) in [4.78, 5) is 14.1. The summed E-state index contributed by atoms with van der Waals surface area (Å²) in [6.07, 6.45) is -0.116. The molecule has 0 atom stereocenters. The number of phenolic OH excluding ortho intramolecular Hbond substituents is 1. The number of aromatic nitrogens is 3. The van der Waals surface area contributed by atoms with Gasteiger partial charge in [-0.05, 0) is 75.5 Å². The van der Waals surface area contributed by atoms with Gasteiger partial charge in [0.05, 0.1) is 11.7 Å². The first-order chi connectivity index (χ1) is 19.1. The van der Waals surface area contributed by atoms with E-state index in [9.17, 15) is 5.11 Å². The number of hydrogen-bond acceptors (Lipinski definition) is 5. The van der Waals surface area contributed by atoms with E-state index < -0.39 is 0 Å². The molecule has 1 N–H and O–H groups in total. The first-order valence-electron chi connectivity index (χ1n) is 13.0. The van der Waals surface area contributed by atoms with Gasteiger partial charge in [-0.25, -0.2) is 4.98 Å². The molecule has 0 amide bonds. The second kappa shape index (κ2) is 9.07. The summed E-state index contributed by atoms with van der Waals surface area (Å²) in [5.41, 5.74) is 3.81. The lowest BCUT2D eigenvalue weighted by molar-refractivity contribution is 0.222. The number of hydrogen-bond donors (Lipinski definition) is 1. The van der Waals surface area contributed by atoms with Gasteiger partial charge in [0, 0.05) is 5.56 Å². The Bertz CT molecular complexity index is 1980. The number of para-hydroxylation sites is 1. The van der Waals surface area contributed by atoms with Crippen LogP contribution >= 0.6 is 0 Å². The predicted molar refractivity (Wildman–Crippen MR) is 157 cm³/mol. The van der Waals surface area contributed by atoms with Crippen molar-refractivity contribution in [1.82, 2.24) is 15.0 Å². The zero-order valence-corrected chi connectivity index (χ0v) is 21.6. The quantitative estimate of drug-likeness (QED) is 0.238. The molecule has 0 unspecified atom stereocenters. The highest BCUT2D eigenvalue weighted by atomic mass is 16.5. The fourth-order valence-electron chi connectivity index (χ4n) is 5.39. The molecular weight excluding hydrogens is 482 g/mol. The summed E-state index contributed by atoms with van der Waals surface area (Å²) >= 11 is 0. The van der Waals surface area contributed by atoms with Gasteiger partial charge < -0.3 is 9.84 Å². The fourth-order valence-corrected chi connectivity index (χ4v) is 5.39. The molecule has 0 fully saturated rings. The summed E-state index contributed by atoms with van der Waals surface area (Å²) in [6, 6.07) is 35.1. The van der Waals surface area contributed by atoms with E-state index in [1.165, 1.54) is 32.7 Å². The normalized spacial score (nSPS) is 11.7. The Balaban J connectivity index is 1.50. The minimum absolute atomic E-state index is 0.106. The third kappa shape index (κ3) is 3.91. The molecule has 6 aromatic carbocycles. The van der Waals surface area contributed by atoms with Crippen LogP contribution in [0.15, 0.2) is 103 Å². The summed E-state index contributed by atoms with van der Waals surface area (Å²) in [5.74, 6) is 0.972. The van der Waals surface area contributed by atoms with Gasteiger partial charge >= 0.3 is 6.01 Å². The molecule has 39 heavy (non-hydrogen) atoms. The first-order valence-corrected chi connectivity index (χ1v) is 13.0. The molecule has 0 saturated heterocycles. The van der Waals surface area contributed by atoms with E-state index in [-0.39, 0.29) is 17.9 Å². The molecule has 0 aliphatic carbocycles. The maximum atomic E-state index is 10.5. The second-order valence-corrected chi connectivity index (χ2v) is 9.96. The summed E-state index contributed by atoms with van der Waals surface area (Å²) in [5, 5.41) is 17.5. The lowest BCUT2D eigenvalue weighted by atomic mass is 9.88. The van der Waals surface area contributed by atoms with Gasteiger partial charge in [0.2, 0.25) is 0 Å². The Kier molecular flexibility index (Phi) is 5.37. The monoisotopic (exact) mass is 507 g/mol. The predicted octanol–water partition coefficient (Wildman–Crippen LogP) is 8.26. The minimum atomic E-state index is -0.116. The molecule has 5 nitrogen and oxygen atoms in total. The van der Waals surface area contributed by atoms with E-state index in [0.717, 1.165) is 16.3 Å². The van der Waals surface area contributed by atoms with Crippen LogP contribution < -0.4 is 4.74 Å². The van der Waals surface area contributed by atoms with Gasteiger partial charge in [0.25, 0.3) is 0 Å². The maximum absolute atomic E-state index is 10.5. The fraction of sp³-hybridized carbons (Fsp3) is 0.0882. The maximum Gasteiger partial charge on any atom is 0.320 e. The van der Waals surface area contributed by atoms with Gasteiger partial charge in [-0.1, -0.05) is 84.9 Å². The van der Waals surface area contributed by atoms with Crippen LogP contribution in [0, 0.1) is 0 Å². The average Bonchev–Trinajstić information content (AvgIpc) is 2.96. The van der Waals surface area contributed by atoms with Gasteiger partial charge in [-0.2, -0.15) is 9.97 Å². The second-order valence-electron chi connectivity index (χ2n) is 9.96. The Hall–Kier alpha value is -5.03. The Morgan fingerprint density at radius 3 is 1.79 bits per heavy atom. The molecule has 5 heteroatoms. The molecule has 0 radical (unpaired) electrons. The van der Waals surface area contributed by atoms with Crippen molar-refractivity contribution in [2.75, 3.05) is 0 Å². The van der Waals surface area contributed by atoms with Crippen LogP contribution in [0.2, 0.25) is 0 Å². The van der Waals surface area contributed by atoms with E-state index in [1.807, 2.05) is 26.0 Å². The van der Waals surface area contributed by atoms with Crippen LogP contribution in [-0.2, 0) is 0 Å². The molecule has 0 aliphatic heterocycles. The summed E-state index contributed by atoms with van der Waals surface area (Å²) in [6.45, 7) is 3.87. The number of benzene rings is 6. The molecular formula is C34H25N3O2. The number of rotatable bonds is 5. The molecule has 0 spiro atoms. The van der Waals surface area contributed by atoms with E-state index in [1.54, 1.807) is 18.2 Å². The van der Waals surface area contributed by atoms with Crippen molar-refractivity contribution in [3.8, 4) is 45.7 Å². The van der Waals surface area contributed by atoms with Crippen LogP contribution in [-0.4, -0.2) is 26.2 Å². The van der Waals surface area contributed by atoms with Crippen molar-refractivity contribution in [2.45, 2.75) is 20.0 Å². The van der Waals surface area contributed by atoms with Crippen LogP contribution in [0.5, 0.6) is 11.8 Å². The third-order valence-electron chi connectivity index (χ3n) is 7.09. The van der Waals surface area contributed by atoms with E-state index >= 15 is 0 Å². The largest absolute Gasteiger partial charge is 0.507 e. The molecule has 7 aromatic rings. The van der Waals surface area contributed by atoms with Crippen LogP contribution in [0.3, 0.4) is 0 Å². The van der Waals surface area contributed by atoms with Crippen molar-refractivity contribution in [3.05, 3.63) is 103 Å². The van der Waals surface area contributed by atoms with Gasteiger partial charge in [0.15, 0.2) is 11.6 Å². The Morgan fingerprint density at radius 1 is 0.564 bits per heavy atom. The Labute approximate surface area is 225 Å². The highest BCUT2D eigenvalue weighted by molar-refractivity contribution is 6.27. The van der Waals surface area contributed by atoms with Crippen molar-refractivity contribution in [3.63, 3.8) is 0 Å². The molecule has 0 aliphatic rings. The van der Waals surface area contributed by atoms with Gasteiger partial charge in [-0.15, -0.1) is 0 Å². The molecule has 1 aromatic heterocycles. The lowest BCUT2D eigenvalue weighted by Crippen LogP contribution is -2.10. The zero-order chi connectivity index (χ0) is 26.5. The van der Waals surface area contributed by atoms with Crippen molar-refractivity contribution in [2.24, 2.45) is 0 Å².